The predicted octanol–water partition coefficient (Wildman–Crippen LogP) is 0.886. The third-order valence-electron chi connectivity index (χ3n) is 1.54. The highest BCUT2D eigenvalue weighted by atomic mass is 19.1. The summed E-state index contributed by atoms with van der Waals surface area (Å²) in [6, 6.07) is 0. The molecular weight excluding hydrogens is 137 g/mol. The maximum absolute atomic E-state index is 12.5. The fourth-order valence-corrected chi connectivity index (χ4v) is 0.996. The maximum Gasteiger partial charge on any atom is 0.259 e. The summed E-state index contributed by atoms with van der Waals surface area (Å²) >= 11 is 0. The van der Waals surface area contributed by atoms with Crippen molar-refractivity contribution in [2.24, 2.45) is 0 Å². The molecule has 54 valence electrons. The highest BCUT2D eigenvalue weighted by Gasteiger charge is 2.19. The number of ether oxygens (including phenoxy) is 1. The van der Waals surface area contributed by atoms with Gasteiger partial charge in [0.1, 0.15) is 5.76 Å². The SMILES string of the molecule is Fc1noc2c1COCC2. The number of aromatic nitrogens is 1. The van der Waals surface area contributed by atoms with Crippen LogP contribution in [-0.4, -0.2) is 11.8 Å². The van der Waals surface area contributed by atoms with E-state index in [0.29, 0.717) is 31.0 Å². The van der Waals surface area contributed by atoms with Crippen LogP contribution in [0.1, 0.15) is 11.3 Å². The molecule has 0 aliphatic carbocycles. The van der Waals surface area contributed by atoms with Crippen LogP contribution < -0.4 is 0 Å². The van der Waals surface area contributed by atoms with Crippen LogP contribution in [0.15, 0.2) is 4.52 Å². The van der Waals surface area contributed by atoms with Crippen molar-refractivity contribution in [1.29, 1.82) is 0 Å². The van der Waals surface area contributed by atoms with E-state index in [2.05, 4.69) is 9.68 Å². The standard InChI is InChI=1S/C6H6FNO2/c7-6-4-3-9-2-1-5(4)10-8-6/h1-3H2. The fraction of sp³-hybridized carbons (Fsp3) is 0.500. The van der Waals surface area contributed by atoms with Crippen LogP contribution in [0, 0.1) is 5.95 Å². The second-order valence-corrected chi connectivity index (χ2v) is 2.18. The summed E-state index contributed by atoms with van der Waals surface area (Å²) in [5.74, 6) is 0.0958. The lowest BCUT2D eigenvalue weighted by atomic mass is 10.2. The van der Waals surface area contributed by atoms with E-state index in [9.17, 15) is 4.39 Å². The zero-order valence-electron chi connectivity index (χ0n) is 5.26. The van der Waals surface area contributed by atoms with Gasteiger partial charge in [-0.05, 0) is 5.16 Å². The first-order chi connectivity index (χ1) is 4.88. The Hall–Kier alpha value is -0.900. The van der Waals surface area contributed by atoms with E-state index < -0.39 is 5.95 Å². The molecule has 1 aliphatic heterocycles. The number of halogens is 1. The molecule has 10 heavy (non-hydrogen) atoms. The molecule has 1 aliphatic rings. The largest absolute Gasteiger partial charge is 0.376 e. The summed E-state index contributed by atoms with van der Waals surface area (Å²) in [5.41, 5.74) is 0.478. The van der Waals surface area contributed by atoms with Gasteiger partial charge in [-0.2, -0.15) is 4.39 Å². The number of fused-ring (bicyclic) bond motifs is 1. The molecule has 0 spiro atoms. The quantitative estimate of drug-likeness (QED) is 0.541. The van der Waals surface area contributed by atoms with E-state index in [1.165, 1.54) is 0 Å². The summed E-state index contributed by atoms with van der Waals surface area (Å²) in [6.07, 6.45) is 0.631. The molecule has 1 aromatic heterocycles. The molecule has 2 rings (SSSR count). The minimum absolute atomic E-state index is 0.296. The average Bonchev–Trinajstić information content (AvgIpc) is 2.34. The molecule has 0 unspecified atom stereocenters. The maximum atomic E-state index is 12.5. The monoisotopic (exact) mass is 143 g/mol. The topological polar surface area (TPSA) is 35.3 Å². The van der Waals surface area contributed by atoms with Crippen molar-refractivity contribution < 1.29 is 13.7 Å². The molecule has 0 saturated carbocycles. The zero-order valence-corrected chi connectivity index (χ0v) is 5.26. The van der Waals surface area contributed by atoms with Crippen molar-refractivity contribution in [3.05, 3.63) is 17.3 Å². The van der Waals surface area contributed by atoms with Gasteiger partial charge >= 0.3 is 0 Å². The molecule has 0 radical (unpaired) electrons. The lowest BCUT2D eigenvalue weighted by Gasteiger charge is -2.07. The van der Waals surface area contributed by atoms with Crippen LogP contribution in [0.25, 0.3) is 0 Å². The molecule has 2 heterocycles. The summed E-state index contributed by atoms with van der Waals surface area (Å²) in [7, 11) is 0. The minimum Gasteiger partial charge on any atom is -0.376 e. The molecule has 0 saturated heterocycles. The number of hydrogen-bond acceptors (Lipinski definition) is 3. The minimum atomic E-state index is -0.533. The smallest absolute Gasteiger partial charge is 0.259 e. The van der Waals surface area contributed by atoms with E-state index in [0.717, 1.165) is 0 Å². The van der Waals surface area contributed by atoms with Crippen LogP contribution in [0.5, 0.6) is 0 Å². The van der Waals surface area contributed by atoms with E-state index in [1.54, 1.807) is 0 Å². The second kappa shape index (κ2) is 2.05. The van der Waals surface area contributed by atoms with Crippen LogP contribution in [-0.2, 0) is 17.8 Å². The Labute approximate surface area is 56.8 Å². The van der Waals surface area contributed by atoms with Crippen LogP contribution in [0.4, 0.5) is 4.39 Å². The van der Waals surface area contributed by atoms with Gasteiger partial charge in [-0.1, -0.05) is 0 Å². The van der Waals surface area contributed by atoms with Crippen molar-refractivity contribution in [1.82, 2.24) is 5.16 Å². The molecule has 0 aromatic carbocycles. The van der Waals surface area contributed by atoms with E-state index in [4.69, 9.17) is 4.74 Å². The molecule has 1 aromatic rings. The van der Waals surface area contributed by atoms with Crippen molar-refractivity contribution in [2.45, 2.75) is 13.0 Å². The first-order valence-electron chi connectivity index (χ1n) is 3.08. The van der Waals surface area contributed by atoms with Gasteiger partial charge in [-0.3, -0.25) is 0 Å². The van der Waals surface area contributed by atoms with E-state index in [-0.39, 0.29) is 0 Å². The van der Waals surface area contributed by atoms with Crippen molar-refractivity contribution >= 4 is 0 Å². The van der Waals surface area contributed by atoms with Crippen LogP contribution in [0.2, 0.25) is 0 Å². The second-order valence-electron chi connectivity index (χ2n) is 2.18. The molecule has 0 fully saturated rings. The Morgan fingerprint density at radius 3 is 3.20 bits per heavy atom. The highest BCUT2D eigenvalue weighted by Crippen LogP contribution is 2.18. The Bertz CT molecular complexity index is 246. The van der Waals surface area contributed by atoms with Crippen LogP contribution in [0.3, 0.4) is 0 Å². The van der Waals surface area contributed by atoms with Crippen molar-refractivity contribution in [2.75, 3.05) is 6.61 Å². The molecule has 3 nitrogen and oxygen atoms in total. The Morgan fingerprint density at radius 1 is 1.50 bits per heavy atom. The third kappa shape index (κ3) is 0.724. The Morgan fingerprint density at radius 2 is 2.40 bits per heavy atom. The summed E-state index contributed by atoms with van der Waals surface area (Å²) in [4.78, 5) is 0. The van der Waals surface area contributed by atoms with Gasteiger partial charge in [-0.25, -0.2) is 0 Å². The Balaban J connectivity index is 2.45. The lowest BCUT2D eigenvalue weighted by Crippen LogP contribution is -2.08. The lowest BCUT2D eigenvalue weighted by molar-refractivity contribution is 0.101. The average molecular weight is 143 g/mol. The zero-order chi connectivity index (χ0) is 6.97. The fourth-order valence-electron chi connectivity index (χ4n) is 0.996. The van der Waals surface area contributed by atoms with E-state index in [1.807, 2.05) is 0 Å². The normalized spacial score (nSPS) is 16.9. The van der Waals surface area contributed by atoms with Gasteiger partial charge in [0.15, 0.2) is 0 Å². The summed E-state index contributed by atoms with van der Waals surface area (Å²) in [5, 5.41) is 3.18. The van der Waals surface area contributed by atoms with Crippen molar-refractivity contribution in [3.63, 3.8) is 0 Å². The molecule has 0 bridgehead atoms. The summed E-state index contributed by atoms with van der Waals surface area (Å²) < 4.78 is 22.2. The third-order valence-corrected chi connectivity index (χ3v) is 1.54. The predicted molar refractivity (Wildman–Crippen MR) is 29.8 cm³/mol. The molecular formula is C6H6FNO2. The number of hydrogen-bond donors (Lipinski definition) is 0. The molecule has 4 heteroatoms. The van der Waals surface area contributed by atoms with Gasteiger partial charge in [-0.15, -0.1) is 0 Å². The van der Waals surface area contributed by atoms with Gasteiger partial charge in [0.25, 0.3) is 5.95 Å². The first kappa shape index (κ1) is 5.85. The highest BCUT2D eigenvalue weighted by molar-refractivity contribution is 5.15. The molecule has 0 amide bonds. The van der Waals surface area contributed by atoms with Crippen molar-refractivity contribution in [3.8, 4) is 0 Å². The van der Waals surface area contributed by atoms with Gasteiger partial charge < -0.3 is 9.26 Å². The Kier molecular flexibility index (Phi) is 1.20. The number of nitrogens with zero attached hydrogens (tertiary/aromatic N) is 1. The van der Waals surface area contributed by atoms with Gasteiger partial charge in [0, 0.05) is 6.42 Å². The summed E-state index contributed by atoms with van der Waals surface area (Å²) in [6.45, 7) is 0.895. The van der Waals surface area contributed by atoms with Gasteiger partial charge in [0.05, 0.1) is 18.8 Å². The van der Waals surface area contributed by atoms with E-state index >= 15 is 0 Å². The van der Waals surface area contributed by atoms with Crippen LogP contribution >= 0.6 is 0 Å². The molecule has 0 N–H and O–H groups in total. The number of rotatable bonds is 0. The van der Waals surface area contributed by atoms with Gasteiger partial charge in [0.2, 0.25) is 0 Å². The molecule has 0 atom stereocenters. The first-order valence-corrected chi connectivity index (χ1v) is 3.08.